The van der Waals surface area contributed by atoms with Gasteiger partial charge >= 0.3 is 5.97 Å². The normalized spacial score (nSPS) is 16.8. The third-order valence-electron chi connectivity index (χ3n) is 3.58. The van der Waals surface area contributed by atoms with Crippen molar-refractivity contribution in [1.29, 1.82) is 0 Å². The van der Waals surface area contributed by atoms with Gasteiger partial charge in [0.05, 0.1) is 23.9 Å². The summed E-state index contributed by atoms with van der Waals surface area (Å²) in [5.41, 5.74) is 5.81. The minimum Gasteiger partial charge on any atom is -0.465 e. The number of benzene rings is 1. The standard InChI is InChI=1S/C14H17ClN2O3/c1-20-12(18)10-8-9(15)4-5-11(10)17-13(19)14(16)6-2-3-7-14/h4-5,8H,2-3,6-7,16H2,1H3,(H,17,19). The number of halogens is 1. The molecule has 1 amide bonds. The van der Waals surface area contributed by atoms with Gasteiger partial charge in [-0.05, 0) is 31.0 Å². The van der Waals surface area contributed by atoms with Gasteiger partial charge in [0.25, 0.3) is 0 Å². The van der Waals surface area contributed by atoms with Gasteiger partial charge in [0.15, 0.2) is 0 Å². The molecule has 0 radical (unpaired) electrons. The van der Waals surface area contributed by atoms with Crippen molar-refractivity contribution in [2.45, 2.75) is 31.2 Å². The van der Waals surface area contributed by atoms with E-state index in [0.29, 0.717) is 23.6 Å². The lowest BCUT2D eigenvalue weighted by Gasteiger charge is -2.23. The number of methoxy groups -OCH3 is 1. The van der Waals surface area contributed by atoms with Crippen molar-refractivity contribution in [3.8, 4) is 0 Å². The minimum atomic E-state index is -0.854. The highest BCUT2D eigenvalue weighted by Gasteiger charge is 2.37. The summed E-state index contributed by atoms with van der Waals surface area (Å²) >= 11 is 5.86. The number of nitrogens with one attached hydrogen (secondary N) is 1. The van der Waals surface area contributed by atoms with E-state index in [9.17, 15) is 9.59 Å². The van der Waals surface area contributed by atoms with Crippen LogP contribution in [0.25, 0.3) is 0 Å². The molecule has 1 aliphatic carbocycles. The first-order valence-electron chi connectivity index (χ1n) is 6.44. The molecular formula is C14H17ClN2O3. The van der Waals surface area contributed by atoms with Crippen LogP contribution in [0.4, 0.5) is 5.69 Å². The lowest BCUT2D eigenvalue weighted by molar-refractivity contribution is -0.121. The summed E-state index contributed by atoms with van der Waals surface area (Å²) in [4.78, 5) is 24.0. The molecule has 0 bridgehead atoms. The van der Waals surface area contributed by atoms with Crippen molar-refractivity contribution in [2.24, 2.45) is 5.73 Å². The third-order valence-corrected chi connectivity index (χ3v) is 3.82. The predicted molar refractivity (Wildman–Crippen MR) is 76.8 cm³/mol. The molecule has 108 valence electrons. The maximum absolute atomic E-state index is 12.3. The van der Waals surface area contributed by atoms with Gasteiger partial charge in [-0.3, -0.25) is 4.79 Å². The fraction of sp³-hybridized carbons (Fsp3) is 0.429. The Kier molecular flexibility index (Phi) is 4.30. The van der Waals surface area contributed by atoms with Gasteiger partial charge in [0.2, 0.25) is 5.91 Å². The first kappa shape index (κ1) is 14.8. The van der Waals surface area contributed by atoms with Crippen molar-refractivity contribution in [3.05, 3.63) is 28.8 Å². The van der Waals surface area contributed by atoms with Gasteiger partial charge in [-0.1, -0.05) is 24.4 Å². The number of rotatable bonds is 3. The zero-order valence-electron chi connectivity index (χ0n) is 11.2. The van der Waals surface area contributed by atoms with Crippen LogP contribution in [0.1, 0.15) is 36.0 Å². The van der Waals surface area contributed by atoms with Crippen molar-refractivity contribution in [1.82, 2.24) is 0 Å². The highest BCUT2D eigenvalue weighted by atomic mass is 35.5. The van der Waals surface area contributed by atoms with E-state index >= 15 is 0 Å². The summed E-state index contributed by atoms with van der Waals surface area (Å²) in [5.74, 6) is -0.831. The summed E-state index contributed by atoms with van der Waals surface area (Å²) in [6.07, 6.45) is 3.18. The Balaban J connectivity index is 2.25. The zero-order chi connectivity index (χ0) is 14.8. The molecule has 1 fully saturated rings. The largest absolute Gasteiger partial charge is 0.465 e. The fourth-order valence-corrected chi connectivity index (χ4v) is 2.56. The summed E-state index contributed by atoms with van der Waals surface area (Å²) in [7, 11) is 1.27. The van der Waals surface area contributed by atoms with E-state index in [1.807, 2.05) is 0 Å². The van der Waals surface area contributed by atoms with Crippen LogP contribution >= 0.6 is 11.6 Å². The third kappa shape index (κ3) is 2.94. The Bertz CT molecular complexity index is 539. The van der Waals surface area contributed by atoms with E-state index in [2.05, 4.69) is 10.1 Å². The molecular weight excluding hydrogens is 280 g/mol. The van der Waals surface area contributed by atoms with Gasteiger partial charge in [-0.15, -0.1) is 0 Å². The molecule has 6 heteroatoms. The number of amides is 1. The van der Waals surface area contributed by atoms with E-state index in [1.165, 1.54) is 13.2 Å². The van der Waals surface area contributed by atoms with E-state index in [4.69, 9.17) is 17.3 Å². The Morgan fingerprint density at radius 2 is 2.00 bits per heavy atom. The Morgan fingerprint density at radius 3 is 2.60 bits per heavy atom. The number of nitrogens with two attached hydrogens (primary N) is 1. The fourth-order valence-electron chi connectivity index (χ4n) is 2.38. The molecule has 0 unspecified atom stereocenters. The number of hydrogen-bond donors (Lipinski definition) is 2. The number of ether oxygens (including phenoxy) is 1. The highest BCUT2D eigenvalue weighted by Crippen LogP contribution is 2.29. The number of anilines is 1. The maximum Gasteiger partial charge on any atom is 0.340 e. The zero-order valence-corrected chi connectivity index (χ0v) is 12.0. The van der Waals surface area contributed by atoms with E-state index in [-0.39, 0.29) is 11.5 Å². The summed E-state index contributed by atoms with van der Waals surface area (Å²) in [6.45, 7) is 0. The van der Waals surface area contributed by atoms with Crippen molar-refractivity contribution >= 4 is 29.2 Å². The second kappa shape index (κ2) is 5.81. The SMILES string of the molecule is COC(=O)c1cc(Cl)ccc1NC(=O)C1(N)CCCC1. The molecule has 0 spiro atoms. The molecule has 3 N–H and O–H groups in total. The van der Waals surface area contributed by atoms with Crippen LogP contribution in [-0.2, 0) is 9.53 Å². The topological polar surface area (TPSA) is 81.4 Å². The van der Waals surface area contributed by atoms with E-state index in [0.717, 1.165) is 12.8 Å². The molecule has 0 saturated heterocycles. The second-order valence-corrected chi connectivity index (χ2v) is 5.44. The summed E-state index contributed by atoms with van der Waals surface area (Å²) in [6, 6.07) is 4.63. The van der Waals surface area contributed by atoms with Crippen molar-refractivity contribution < 1.29 is 14.3 Å². The maximum atomic E-state index is 12.3. The molecule has 20 heavy (non-hydrogen) atoms. The Hall–Kier alpha value is -1.59. The van der Waals surface area contributed by atoms with Gasteiger partial charge in [-0.25, -0.2) is 4.79 Å². The van der Waals surface area contributed by atoms with Crippen LogP contribution < -0.4 is 11.1 Å². The molecule has 1 aromatic rings. The van der Waals surface area contributed by atoms with Crippen LogP contribution in [-0.4, -0.2) is 24.5 Å². The number of carbonyl (C=O) groups is 2. The number of hydrogen-bond acceptors (Lipinski definition) is 4. The Labute approximate surface area is 122 Å². The van der Waals surface area contributed by atoms with Crippen LogP contribution in [0, 0.1) is 0 Å². The van der Waals surface area contributed by atoms with Gasteiger partial charge in [0.1, 0.15) is 0 Å². The number of esters is 1. The first-order chi connectivity index (χ1) is 9.46. The minimum absolute atomic E-state index is 0.218. The van der Waals surface area contributed by atoms with Crippen LogP contribution in [0.15, 0.2) is 18.2 Å². The molecule has 5 nitrogen and oxygen atoms in total. The smallest absolute Gasteiger partial charge is 0.340 e. The number of carbonyl (C=O) groups excluding carboxylic acids is 2. The lowest BCUT2D eigenvalue weighted by Crippen LogP contribution is -2.48. The van der Waals surface area contributed by atoms with E-state index < -0.39 is 11.5 Å². The predicted octanol–water partition coefficient (Wildman–Crippen LogP) is 2.34. The van der Waals surface area contributed by atoms with Gasteiger partial charge in [0, 0.05) is 5.02 Å². The molecule has 1 aliphatic rings. The van der Waals surface area contributed by atoms with Gasteiger partial charge < -0.3 is 15.8 Å². The molecule has 0 aliphatic heterocycles. The monoisotopic (exact) mass is 296 g/mol. The van der Waals surface area contributed by atoms with Crippen LogP contribution in [0.2, 0.25) is 5.02 Å². The summed E-state index contributed by atoms with van der Waals surface area (Å²) < 4.78 is 4.68. The quantitative estimate of drug-likeness (QED) is 0.839. The van der Waals surface area contributed by atoms with Crippen molar-refractivity contribution in [2.75, 3.05) is 12.4 Å². The van der Waals surface area contributed by atoms with Crippen LogP contribution in [0.5, 0.6) is 0 Å². The second-order valence-electron chi connectivity index (χ2n) is 5.00. The molecule has 0 aromatic heterocycles. The average molecular weight is 297 g/mol. The van der Waals surface area contributed by atoms with Gasteiger partial charge in [-0.2, -0.15) is 0 Å². The molecule has 1 saturated carbocycles. The van der Waals surface area contributed by atoms with E-state index in [1.54, 1.807) is 12.1 Å². The molecule has 0 heterocycles. The molecule has 2 rings (SSSR count). The first-order valence-corrected chi connectivity index (χ1v) is 6.82. The summed E-state index contributed by atoms with van der Waals surface area (Å²) in [5, 5.41) is 3.11. The van der Waals surface area contributed by atoms with Crippen LogP contribution in [0.3, 0.4) is 0 Å². The van der Waals surface area contributed by atoms with Crippen molar-refractivity contribution in [3.63, 3.8) is 0 Å². The Morgan fingerprint density at radius 1 is 1.35 bits per heavy atom. The highest BCUT2D eigenvalue weighted by molar-refractivity contribution is 6.31. The molecule has 1 aromatic carbocycles. The molecule has 0 atom stereocenters. The lowest BCUT2D eigenvalue weighted by atomic mass is 9.98. The average Bonchev–Trinajstić information content (AvgIpc) is 2.88.